The molecule has 1 heterocycles. The summed E-state index contributed by atoms with van der Waals surface area (Å²) >= 11 is 1.53. The molecule has 1 fully saturated rings. The van der Waals surface area contributed by atoms with E-state index in [1.54, 1.807) is 4.90 Å². The Kier molecular flexibility index (Phi) is 4.20. The lowest BCUT2D eigenvalue weighted by Crippen LogP contribution is -2.29. The van der Waals surface area contributed by atoms with Gasteiger partial charge in [-0.3, -0.25) is 14.7 Å². The Balaban J connectivity index is 2.17. The number of carbonyl (C=O) groups is 1. The number of unbranched alkanes of at least 4 members (excludes halogenated alkanes) is 1. The Hall–Kier alpha value is -1.29. The minimum atomic E-state index is 0.122. The molecule has 90 valence electrons. The molecule has 1 aliphatic rings. The Morgan fingerprint density at radius 1 is 1.35 bits per heavy atom. The number of nitrogens with zero attached hydrogens (tertiary/aromatic N) is 2. The molecule has 0 atom stereocenters. The van der Waals surface area contributed by atoms with Crippen LogP contribution in [0.15, 0.2) is 35.3 Å². The molecule has 0 aliphatic carbocycles. The largest absolute Gasteiger partial charge is 0.273 e. The van der Waals surface area contributed by atoms with Crippen molar-refractivity contribution < 1.29 is 4.79 Å². The highest BCUT2D eigenvalue weighted by molar-refractivity contribution is 8.15. The normalized spacial score (nSPS) is 18.1. The van der Waals surface area contributed by atoms with Crippen molar-refractivity contribution in [2.75, 3.05) is 17.2 Å². The number of aliphatic imine (C=N–C) groups is 1. The highest BCUT2D eigenvalue weighted by Gasteiger charge is 2.28. The first-order chi connectivity index (χ1) is 8.33. The first-order valence-corrected chi connectivity index (χ1v) is 6.86. The van der Waals surface area contributed by atoms with Crippen molar-refractivity contribution in [1.29, 1.82) is 0 Å². The number of hydrogen-bond acceptors (Lipinski definition) is 3. The van der Waals surface area contributed by atoms with Crippen molar-refractivity contribution in [1.82, 2.24) is 0 Å². The molecule has 1 aromatic rings. The maximum atomic E-state index is 11.8. The van der Waals surface area contributed by atoms with Crippen LogP contribution in [-0.4, -0.2) is 23.4 Å². The lowest BCUT2D eigenvalue weighted by atomic mass is 10.3. The number of amides is 1. The van der Waals surface area contributed by atoms with E-state index in [4.69, 9.17) is 0 Å². The van der Waals surface area contributed by atoms with Crippen LogP contribution in [-0.2, 0) is 4.79 Å². The number of rotatable bonds is 4. The van der Waals surface area contributed by atoms with Crippen molar-refractivity contribution in [3.8, 4) is 0 Å². The van der Waals surface area contributed by atoms with Gasteiger partial charge in [-0.2, -0.15) is 0 Å². The summed E-state index contributed by atoms with van der Waals surface area (Å²) in [5.41, 5.74) is 0.915. The van der Waals surface area contributed by atoms with Crippen LogP contribution in [0.25, 0.3) is 0 Å². The summed E-state index contributed by atoms with van der Waals surface area (Å²) < 4.78 is 0. The molecule has 1 amide bonds. The van der Waals surface area contributed by atoms with Crippen molar-refractivity contribution in [2.24, 2.45) is 4.99 Å². The zero-order valence-corrected chi connectivity index (χ0v) is 10.7. The average Bonchev–Trinajstić information content (AvgIpc) is 2.72. The van der Waals surface area contributed by atoms with Crippen LogP contribution in [0, 0.1) is 0 Å². The second kappa shape index (κ2) is 5.87. The maximum Gasteiger partial charge on any atom is 0.243 e. The van der Waals surface area contributed by atoms with Crippen molar-refractivity contribution in [2.45, 2.75) is 19.8 Å². The third-order valence-corrected chi connectivity index (χ3v) is 3.50. The molecule has 1 saturated heterocycles. The van der Waals surface area contributed by atoms with Crippen molar-refractivity contribution >= 4 is 28.5 Å². The summed E-state index contributed by atoms with van der Waals surface area (Å²) in [7, 11) is 0. The number of carbonyl (C=O) groups excluding carboxylic acids is 1. The molecule has 0 unspecified atom stereocenters. The van der Waals surface area contributed by atoms with Crippen molar-refractivity contribution in [3.05, 3.63) is 30.3 Å². The van der Waals surface area contributed by atoms with Gasteiger partial charge in [-0.15, -0.1) is 0 Å². The molecule has 0 N–H and O–H groups in total. The first kappa shape index (κ1) is 12.2. The van der Waals surface area contributed by atoms with Gasteiger partial charge in [-0.25, -0.2) is 0 Å². The molecule has 17 heavy (non-hydrogen) atoms. The van der Waals surface area contributed by atoms with E-state index >= 15 is 0 Å². The van der Waals surface area contributed by atoms with Gasteiger partial charge < -0.3 is 0 Å². The molecular formula is C13H16N2OS. The number of thioether (sulfide) groups is 1. The van der Waals surface area contributed by atoms with Gasteiger partial charge >= 0.3 is 0 Å². The molecule has 0 bridgehead atoms. The monoisotopic (exact) mass is 248 g/mol. The van der Waals surface area contributed by atoms with Crippen LogP contribution >= 0.6 is 11.8 Å². The summed E-state index contributed by atoms with van der Waals surface area (Å²) in [5.74, 6) is 0.622. The second-order valence-electron chi connectivity index (χ2n) is 3.87. The topological polar surface area (TPSA) is 32.7 Å². The highest BCUT2D eigenvalue weighted by Crippen LogP contribution is 2.26. The number of amidine groups is 1. The molecule has 3 nitrogen and oxygen atoms in total. The van der Waals surface area contributed by atoms with Crippen molar-refractivity contribution in [3.63, 3.8) is 0 Å². The van der Waals surface area contributed by atoms with E-state index in [1.165, 1.54) is 11.8 Å². The van der Waals surface area contributed by atoms with Crippen LogP contribution in [0.2, 0.25) is 0 Å². The smallest absolute Gasteiger partial charge is 0.243 e. The zero-order chi connectivity index (χ0) is 12.1. The van der Waals surface area contributed by atoms with Gasteiger partial charge in [0.05, 0.1) is 11.4 Å². The Morgan fingerprint density at radius 3 is 2.82 bits per heavy atom. The van der Waals surface area contributed by atoms with E-state index in [2.05, 4.69) is 11.9 Å². The molecule has 1 aliphatic heterocycles. The van der Waals surface area contributed by atoms with Crippen LogP contribution in [0.5, 0.6) is 0 Å². The lowest BCUT2D eigenvalue weighted by Gasteiger charge is -2.15. The Bertz CT molecular complexity index is 417. The third kappa shape index (κ3) is 2.88. The summed E-state index contributed by atoms with van der Waals surface area (Å²) in [4.78, 5) is 18.1. The van der Waals surface area contributed by atoms with E-state index in [1.807, 2.05) is 30.3 Å². The predicted octanol–water partition coefficient (Wildman–Crippen LogP) is 2.92. The van der Waals surface area contributed by atoms with E-state index in [-0.39, 0.29) is 5.91 Å². The standard InChI is InChI=1S/C13H16N2OS/c1-2-3-9-14-13-15(12(16)10-17-13)11-7-5-4-6-8-11/h4-8H,2-3,9-10H2,1H3/b14-13-. The molecule has 0 aromatic heterocycles. The molecule has 2 rings (SSSR count). The number of hydrogen-bond donors (Lipinski definition) is 0. The van der Waals surface area contributed by atoms with Gasteiger partial charge in [0.25, 0.3) is 0 Å². The van der Waals surface area contributed by atoms with Crippen LogP contribution in [0.1, 0.15) is 19.8 Å². The molecule has 0 spiro atoms. The third-order valence-electron chi connectivity index (χ3n) is 2.54. The van der Waals surface area contributed by atoms with Gasteiger partial charge in [0.15, 0.2) is 5.17 Å². The fraction of sp³-hybridized carbons (Fsp3) is 0.385. The molecule has 0 saturated carbocycles. The van der Waals surface area contributed by atoms with Gasteiger partial charge in [-0.05, 0) is 18.6 Å². The van der Waals surface area contributed by atoms with Crippen LogP contribution in [0.4, 0.5) is 5.69 Å². The SMILES string of the molecule is CCCC/N=C1\SCC(=O)N1c1ccccc1. The number of anilines is 1. The Morgan fingerprint density at radius 2 is 2.12 bits per heavy atom. The fourth-order valence-electron chi connectivity index (χ4n) is 1.64. The molecule has 1 aromatic carbocycles. The quantitative estimate of drug-likeness (QED) is 0.767. The summed E-state index contributed by atoms with van der Waals surface area (Å²) in [6.07, 6.45) is 2.20. The van der Waals surface area contributed by atoms with E-state index < -0.39 is 0 Å². The zero-order valence-electron chi connectivity index (χ0n) is 9.93. The lowest BCUT2D eigenvalue weighted by molar-refractivity contribution is -0.115. The minimum absolute atomic E-state index is 0.122. The summed E-state index contributed by atoms with van der Waals surface area (Å²) in [6.45, 7) is 2.94. The minimum Gasteiger partial charge on any atom is -0.273 e. The second-order valence-corrected chi connectivity index (χ2v) is 4.81. The number of para-hydroxylation sites is 1. The van der Waals surface area contributed by atoms with E-state index in [0.717, 1.165) is 30.2 Å². The predicted molar refractivity (Wildman–Crippen MR) is 73.6 cm³/mol. The van der Waals surface area contributed by atoms with Gasteiger partial charge in [0.2, 0.25) is 5.91 Å². The molecular weight excluding hydrogens is 232 g/mol. The molecule has 4 heteroatoms. The van der Waals surface area contributed by atoms with Gasteiger partial charge in [-0.1, -0.05) is 43.3 Å². The maximum absolute atomic E-state index is 11.8. The highest BCUT2D eigenvalue weighted by atomic mass is 32.2. The van der Waals surface area contributed by atoms with E-state index in [9.17, 15) is 4.79 Å². The van der Waals surface area contributed by atoms with Crippen LogP contribution in [0.3, 0.4) is 0 Å². The van der Waals surface area contributed by atoms with Gasteiger partial charge in [0.1, 0.15) is 0 Å². The first-order valence-electron chi connectivity index (χ1n) is 5.88. The Labute approximate surface area is 106 Å². The number of benzene rings is 1. The van der Waals surface area contributed by atoms with Gasteiger partial charge in [0, 0.05) is 6.54 Å². The summed E-state index contributed by atoms with van der Waals surface area (Å²) in [6, 6.07) is 9.72. The average molecular weight is 248 g/mol. The van der Waals surface area contributed by atoms with Crippen LogP contribution < -0.4 is 4.90 Å². The van der Waals surface area contributed by atoms with E-state index in [0.29, 0.717) is 5.75 Å². The molecule has 0 radical (unpaired) electrons. The fourth-order valence-corrected chi connectivity index (χ4v) is 2.54. The summed E-state index contributed by atoms with van der Waals surface area (Å²) in [5, 5.41) is 0.842.